The van der Waals surface area contributed by atoms with Gasteiger partial charge in [-0.15, -0.1) is 0 Å². The van der Waals surface area contributed by atoms with Gasteiger partial charge in [-0.3, -0.25) is 4.79 Å². The van der Waals surface area contributed by atoms with E-state index in [0.29, 0.717) is 17.1 Å². The first kappa shape index (κ1) is 17.3. The first-order chi connectivity index (χ1) is 11.0. The van der Waals surface area contributed by atoms with Crippen LogP contribution in [0.4, 0.5) is 0 Å². The molecule has 2 aromatic carbocycles. The van der Waals surface area contributed by atoms with Gasteiger partial charge in [0, 0.05) is 19.2 Å². The molecule has 0 aliphatic heterocycles. The van der Waals surface area contributed by atoms with E-state index >= 15 is 0 Å². The summed E-state index contributed by atoms with van der Waals surface area (Å²) in [5.74, 6) is 0.587. The lowest BCUT2D eigenvalue weighted by Crippen LogP contribution is -2.18. The maximum atomic E-state index is 11.7. The fraction of sp³-hybridized carbons (Fsp3) is 0.278. The van der Waals surface area contributed by atoms with Crippen molar-refractivity contribution in [3.63, 3.8) is 0 Å². The molecule has 2 aromatic rings. The smallest absolute Gasteiger partial charge is 0.252 e. The third-order valence-electron chi connectivity index (χ3n) is 3.42. The van der Waals surface area contributed by atoms with Gasteiger partial charge in [-0.1, -0.05) is 23.7 Å². The number of nitrogens with one attached hydrogen (secondary N) is 1. The van der Waals surface area contributed by atoms with Gasteiger partial charge in [0.2, 0.25) is 0 Å². The van der Waals surface area contributed by atoms with E-state index in [0.717, 1.165) is 22.4 Å². The highest BCUT2D eigenvalue weighted by Gasteiger charge is 2.11. The summed E-state index contributed by atoms with van der Waals surface area (Å²) in [6.45, 7) is 4.34. The molecule has 4 nitrogen and oxygen atoms in total. The van der Waals surface area contributed by atoms with Gasteiger partial charge in [0.1, 0.15) is 5.75 Å². The lowest BCUT2D eigenvalue weighted by atomic mass is 10.0. The van der Waals surface area contributed by atoms with Gasteiger partial charge in [0.15, 0.2) is 0 Å². The monoisotopic (exact) mass is 332 g/mol. The molecule has 0 saturated carbocycles. The second-order valence-corrected chi connectivity index (χ2v) is 5.87. The Labute approximate surface area is 141 Å². The van der Waals surface area contributed by atoms with Gasteiger partial charge in [0.05, 0.1) is 16.7 Å². The first-order valence-electron chi connectivity index (χ1n) is 7.48. The summed E-state index contributed by atoms with van der Waals surface area (Å²) in [4.78, 5) is 11.7. The van der Waals surface area contributed by atoms with Crippen molar-refractivity contribution in [1.82, 2.24) is 5.32 Å². The van der Waals surface area contributed by atoms with Crippen LogP contribution in [0, 0.1) is 0 Å². The summed E-state index contributed by atoms with van der Waals surface area (Å²) in [5, 5.41) is 2.98. The van der Waals surface area contributed by atoms with Crippen molar-refractivity contribution >= 4 is 17.5 Å². The Morgan fingerprint density at radius 2 is 1.87 bits per heavy atom. The molecule has 0 radical (unpaired) electrons. The van der Waals surface area contributed by atoms with Crippen molar-refractivity contribution in [2.24, 2.45) is 5.73 Å². The number of hydrogen-bond acceptors (Lipinski definition) is 3. The molecule has 0 aromatic heterocycles. The molecule has 0 bridgehead atoms. The highest BCUT2D eigenvalue weighted by atomic mass is 35.5. The lowest BCUT2D eigenvalue weighted by Gasteiger charge is -2.15. The molecule has 0 spiro atoms. The van der Waals surface area contributed by atoms with Crippen LogP contribution >= 0.6 is 11.6 Å². The number of rotatable bonds is 5. The highest BCUT2D eigenvalue weighted by Crippen LogP contribution is 2.30. The standard InChI is InChI=1S/C18H21ClN2O2/c1-11(2)23-17-7-5-12(8-14(17)10-20)13-4-6-15(16(19)9-13)18(22)21-3/h4-9,11H,10,20H2,1-3H3,(H,21,22). The van der Waals surface area contributed by atoms with Crippen molar-refractivity contribution in [2.75, 3.05) is 7.05 Å². The fourth-order valence-corrected chi connectivity index (χ4v) is 2.57. The van der Waals surface area contributed by atoms with Crippen LogP contribution in [0.15, 0.2) is 36.4 Å². The normalized spacial score (nSPS) is 10.7. The van der Waals surface area contributed by atoms with Crippen LogP contribution < -0.4 is 15.8 Å². The van der Waals surface area contributed by atoms with Gasteiger partial charge in [-0.2, -0.15) is 0 Å². The molecule has 0 aliphatic rings. The third-order valence-corrected chi connectivity index (χ3v) is 3.73. The number of nitrogens with two attached hydrogens (primary N) is 1. The Balaban J connectivity index is 2.39. The van der Waals surface area contributed by atoms with E-state index in [1.54, 1.807) is 19.2 Å². The van der Waals surface area contributed by atoms with Crippen molar-refractivity contribution in [3.05, 3.63) is 52.5 Å². The van der Waals surface area contributed by atoms with E-state index in [4.69, 9.17) is 22.1 Å². The maximum Gasteiger partial charge on any atom is 0.252 e. The molecule has 0 aliphatic carbocycles. The van der Waals surface area contributed by atoms with E-state index in [9.17, 15) is 4.79 Å². The molecular formula is C18H21ClN2O2. The predicted molar refractivity (Wildman–Crippen MR) is 93.9 cm³/mol. The average Bonchev–Trinajstić information content (AvgIpc) is 2.53. The van der Waals surface area contributed by atoms with Gasteiger partial charge < -0.3 is 15.8 Å². The van der Waals surface area contributed by atoms with Crippen LogP contribution in [0.3, 0.4) is 0 Å². The highest BCUT2D eigenvalue weighted by molar-refractivity contribution is 6.34. The summed E-state index contributed by atoms with van der Waals surface area (Å²) in [5.41, 5.74) is 9.12. The topological polar surface area (TPSA) is 64.3 Å². The number of hydrogen-bond donors (Lipinski definition) is 2. The van der Waals surface area contributed by atoms with Gasteiger partial charge in [-0.05, 0) is 49.2 Å². The van der Waals surface area contributed by atoms with Gasteiger partial charge in [0.25, 0.3) is 5.91 Å². The quantitative estimate of drug-likeness (QED) is 0.879. The number of carbonyl (C=O) groups excluding carboxylic acids is 1. The molecule has 0 fully saturated rings. The summed E-state index contributed by atoms with van der Waals surface area (Å²) in [6, 6.07) is 11.2. The van der Waals surface area contributed by atoms with Gasteiger partial charge in [-0.25, -0.2) is 0 Å². The van der Waals surface area contributed by atoms with Crippen LogP contribution in [-0.2, 0) is 6.54 Å². The lowest BCUT2D eigenvalue weighted by molar-refractivity contribution is 0.0963. The predicted octanol–water partition coefficient (Wildman–Crippen LogP) is 3.61. The fourth-order valence-electron chi connectivity index (χ4n) is 2.30. The number of amides is 1. The summed E-state index contributed by atoms with van der Waals surface area (Å²) >= 11 is 6.22. The number of carbonyl (C=O) groups is 1. The van der Waals surface area contributed by atoms with Crippen LogP contribution in [0.25, 0.3) is 11.1 Å². The Morgan fingerprint density at radius 3 is 2.43 bits per heavy atom. The Kier molecular flexibility index (Phi) is 5.64. The summed E-state index contributed by atoms with van der Waals surface area (Å²) in [7, 11) is 1.58. The minimum atomic E-state index is -0.204. The van der Waals surface area contributed by atoms with Crippen LogP contribution in [-0.4, -0.2) is 19.1 Å². The minimum Gasteiger partial charge on any atom is -0.491 e. The zero-order valence-corrected chi connectivity index (χ0v) is 14.3. The minimum absolute atomic E-state index is 0.0902. The van der Waals surface area contributed by atoms with E-state index in [1.807, 2.05) is 38.1 Å². The van der Waals surface area contributed by atoms with Crippen molar-refractivity contribution < 1.29 is 9.53 Å². The second-order valence-electron chi connectivity index (χ2n) is 5.47. The Morgan fingerprint density at radius 1 is 1.22 bits per heavy atom. The number of ether oxygens (including phenoxy) is 1. The van der Waals surface area contributed by atoms with E-state index in [-0.39, 0.29) is 12.0 Å². The summed E-state index contributed by atoms with van der Waals surface area (Å²) in [6.07, 6.45) is 0.0902. The Bertz CT molecular complexity index is 714. The Hall–Kier alpha value is -2.04. The largest absolute Gasteiger partial charge is 0.491 e. The molecule has 0 atom stereocenters. The number of halogens is 1. The number of benzene rings is 2. The van der Waals surface area contributed by atoms with Crippen LogP contribution in [0.2, 0.25) is 5.02 Å². The van der Waals surface area contributed by atoms with Crippen LogP contribution in [0.1, 0.15) is 29.8 Å². The summed E-state index contributed by atoms with van der Waals surface area (Å²) < 4.78 is 5.76. The molecule has 2 rings (SSSR count). The van der Waals surface area contributed by atoms with E-state index < -0.39 is 0 Å². The molecule has 0 unspecified atom stereocenters. The van der Waals surface area contributed by atoms with Crippen molar-refractivity contribution in [1.29, 1.82) is 0 Å². The van der Waals surface area contributed by atoms with Crippen molar-refractivity contribution in [3.8, 4) is 16.9 Å². The first-order valence-corrected chi connectivity index (χ1v) is 7.85. The molecule has 1 amide bonds. The van der Waals surface area contributed by atoms with Gasteiger partial charge >= 0.3 is 0 Å². The second kappa shape index (κ2) is 7.49. The van der Waals surface area contributed by atoms with E-state index in [1.165, 1.54) is 0 Å². The molecule has 23 heavy (non-hydrogen) atoms. The average molecular weight is 333 g/mol. The molecule has 5 heteroatoms. The van der Waals surface area contributed by atoms with Crippen molar-refractivity contribution in [2.45, 2.75) is 26.5 Å². The molecule has 0 saturated heterocycles. The molecular weight excluding hydrogens is 312 g/mol. The SMILES string of the molecule is CNC(=O)c1ccc(-c2ccc(OC(C)C)c(CN)c2)cc1Cl. The zero-order chi connectivity index (χ0) is 17.0. The molecule has 0 heterocycles. The maximum absolute atomic E-state index is 11.7. The molecule has 122 valence electrons. The van der Waals surface area contributed by atoms with Crippen LogP contribution in [0.5, 0.6) is 5.75 Å². The zero-order valence-electron chi connectivity index (χ0n) is 13.5. The van der Waals surface area contributed by atoms with E-state index in [2.05, 4.69) is 5.32 Å². The molecule has 3 N–H and O–H groups in total. The third kappa shape index (κ3) is 4.03.